The molecular formula is C13H18ClN3O. The Morgan fingerprint density at radius 2 is 2.50 bits per heavy atom. The first-order chi connectivity index (χ1) is 8.65. The standard InChI is InChI=1S/C13H18ClN3O/c1-10-4-3-7-17(8-10)9-12(18)16-11-5-2-6-15-13(11)14/h2,5-6,10H,3-4,7-9H2,1H3,(H,16,18)/t10-/m1/s1. The molecule has 18 heavy (non-hydrogen) atoms. The van der Waals surface area contributed by atoms with E-state index in [1.165, 1.54) is 12.8 Å². The average Bonchev–Trinajstić information content (AvgIpc) is 2.32. The zero-order valence-electron chi connectivity index (χ0n) is 10.5. The molecule has 1 atom stereocenters. The van der Waals surface area contributed by atoms with Crippen LogP contribution >= 0.6 is 11.6 Å². The van der Waals surface area contributed by atoms with Crippen molar-refractivity contribution in [2.24, 2.45) is 5.92 Å². The minimum atomic E-state index is -0.0287. The summed E-state index contributed by atoms with van der Waals surface area (Å²) in [6, 6.07) is 3.51. The number of aromatic nitrogens is 1. The number of halogens is 1. The van der Waals surface area contributed by atoms with Crippen molar-refractivity contribution in [2.45, 2.75) is 19.8 Å². The van der Waals surface area contributed by atoms with E-state index in [0.717, 1.165) is 13.1 Å². The van der Waals surface area contributed by atoms with Gasteiger partial charge in [-0.15, -0.1) is 0 Å². The van der Waals surface area contributed by atoms with Gasteiger partial charge >= 0.3 is 0 Å². The summed E-state index contributed by atoms with van der Waals surface area (Å²) in [6.45, 7) is 4.64. The predicted octanol–water partition coefficient (Wildman–Crippen LogP) is 2.41. The molecule has 0 unspecified atom stereocenters. The van der Waals surface area contributed by atoms with Crippen LogP contribution in [0.2, 0.25) is 5.15 Å². The Kier molecular flexibility index (Phi) is 4.55. The molecule has 1 N–H and O–H groups in total. The first-order valence-electron chi connectivity index (χ1n) is 6.28. The number of carbonyl (C=O) groups excluding carboxylic acids is 1. The summed E-state index contributed by atoms with van der Waals surface area (Å²) in [5.41, 5.74) is 0.578. The molecule has 1 amide bonds. The number of likely N-dealkylation sites (tertiary alicyclic amines) is 1. The fourth-order valence-electron chi connectivity index (χ4n) is 2.30. The topological polar surface area (TPSA) is 45.2 Å². The van der Waals surface area contributed by atoms with Crippen LogP contribution in [0.4, 0.5) is 5.69 Å². The van der Waals surface area contributed by atoms with E-state index >= 15 is 0 Å². The van der Waals surface area contributed by atoms with Gasteiger partial charge in [0.25, 0.3) is 0 Å². The molecule has 0 aliphatic carbocycles. The largest absolute Gasteiger partial charge is 0.322 e. The predicted molar refractivity (Wildman–Crippen MR) is 72.7 cm³/mol. The van der Waals surface area contributed by atoms with Crippen molar-refractivity contribution >= 4 is 23.2 Å². The monoisotopic (exact) mass is 267 g/mol. The SMILES string of the molecule is C[C@@H]1CCCN(CC(=O)Nc2cccnc2Cl)C1. The van der Waals surface area contributed by atoms with E-state index in [1.54, 1.807) is 18.3 Å². The maximum absolute atomic E-state index is 11.9. The number of hydrogen-bond acceptors (Lipinski definition) is 3. The van der Waals surface area contributed by atoms with Gasteiger partial charge in [-0.05, 0) is 37.4 Å². The molecule has 4 nitrogen and oxygen atoms in total. The number of nitrogens with zero attached hydrogens (tertiary/aromatic N) is 2. The molecule has 2 heterocycles. The van der Waals surface area contributed by atoms with Gasteiger partial charge in [0.15, 0.2) is 5.15 Å². The van der Waals surface area contributed by atoms with Crippen molar-refractivity contribution in [2.75, 3.05) is 25.0 Å². The van der Waals surface area contributed by atoms with E-state index in [-0.39, 0.29) is 5.91 Å². The summed E-state index contributed by atoms with van der Waals surface area (Å²) in [4.78, 5) is 18.0. The zero-order chi connectivity index (χ0) is 13.0. The van der Waals surface area contributed by atoms with Crippen LogP contribution < -0.4 is 5.32 Å². The highest BCUT2D eigenvalue weighted by Gasteiger charge is 2.18. The van der Waals surface area contributed by atoms with Gasteiger partial charge < -0.3 is 5.32 Å². The normalized spacial score (nSPS) is 20.7. The quantitative estimate of drug-likeness (QED) is 0.856. The average molecular weight is 268 g/mol. The smallest absolute Gasteiger partial charge is 0.238 e. The number of piperidine rings is 1. The third-order valence-electron chi connectivity index (χ3n) is 3.14. The van der Waals surface area contributed by atoms with Gasteiger partial charge in [-0.1, -0.05) is 18.5 Å². The minimum absolute atomic E-state index is 0.0287. The molecule has 5 heteroatoms. The molecule has 1 aromatic rings. The number of nitrogens with one attached hydrogen (secondary N) is 1. The molecular weight excluding hydrogens is 250 g/mol. The van der Waals surface area contributed by atoms with E-state index in [0.29, 0.717) is 23.3 Å². The summed E-state index contributed by atoms with van der Waals surface area (Å²) in [6.07, 6.45) is 4.03. The van der Waals surface area contributed by atoms with Crippen LogP contribution in [0.25, 0.3) is 0 Å². The summed E-state index contributed by atoms with van der Waals surface area (Å²) >= 11 is 5.89. The van der Waals surface area contributed by atoms with Gasteiger partial charge in [-0.3, -0.25) is 9.69 Å². The Hall–Kier alpha value is -1.13. The lowest BCUT2D eigenvalue weighted by atomic mass is 10.0. The third kappa shape index (κ3) is 3.68. The maximum atomic E-state index is 11.9. The Balaban J connectivity index is 1.87. The van der Waals surface area contributed by atoms with Crippen LogP contribution in [0.5, 0.6) is 0 Å². The number of pyridine rings is 1. The van der Waals surface area contributed by atoms with Gasteiger partial charge in [0, 0.05) is 12.7 Å². The van der Waals surface area contributed by atoms with Crippen LogP contribution in [-0.4, -0.2) is 35.4 Å². The van der Waals surface area contributed by atoms with E-state index in [4.69, 9.17) is 11.6 Å². The molecule has 1 aliphatic heterocycles. The first kappa shape index (κ1) is 13.3. The second-order valence-corrected chi connectivity index (χ2v) is 5.23. The fraction of sp³-hybridized carbons (Fsp3) is 0.538. The van der Waals surface area contributed by atoms with E-state index in [1.807, 2.05) is 0 Å². The van der Waals surface area contributed by atoms with Crippen LogP contribution in [0.3, 0.4) is 0 Å². The lowest BCUT2D eigenvalue weighted by molar-refractivity contribution is -0.117. The summed E-state index contributed by atoms with van der Waals surface area (Å²) in [7, 11) is 0. The Bertz CT molecular complexity index is 424. The van der Waals surface area contributed by atoms with Crippen LogP contribution in [0.1, 0.15) is 19.8 Å². The maximum Gasteiger partial charge on any atom is 0.238 e. The van der Waals surface area contributed by atoms with Gasteiger partial charge in [-0.2, -0.15) is 0 Å². The van der Waals surface area contributed by atoms with Gasteiger partial charge in [0.1, 0.15) is 0 Å². The molecule has 1 fully saturated rings. The van der Waals surface area contributed by atoms with Crippen LogP contribution in [-0.2, 0) is 4.79 Å². The highest BCUT2D eigenvalue weighted by molar-refractivity contribution is 6.32. The van der Waals surface area contributed by atoms with Gasteiger partial charge in [0.2, 0.25) is 5.91 Å². The van der Waals surface area contributed by atoms with E-state index < -0.39 is 0 Å². The van der Waals surface area contributed by atoms with Crippen molar-refractivity contribution < 1.29 is 4.79 Å². The molecule has 1 aromatic heterocycles. The van der Waals surface area contributed by atoms with E-state index in [9.17, 15) is 4.79 Å². The number of hydrogen-bond donors (Lipinski definition) is 1. The molecule has 0 radical (unpaired) electrons. The third-order valence-corrected chi connectivity index (χ3v) is 3.44. The first-order valence-corrected chi connectivity index (χ1v) is 6.65. The zero-order valence-corrected chi connectivity index (χ0v) is 11.3. The van der Waals surface area contributed by atoms with Crippen molar-refractivity contribution in [3.63, 3.8) is 0 Å². The second-order valence-electron chi connectivity index (χ2n) is 4.87. The lowest BCUT2D eigenvalue weighted by Gasteiger charge is -2.30. The molecule has 0 bridgehead atoms. The molecule has 0 aromatic carbocycles. The number of anilines is 1. The second kappa shape index (κ2) is 6.16. The summed E-state index contributed by atoms with van der Waals surface area (Å²) in [5.74, 6) is 0.646. The molecule has 0 saturated carbocycles. The van der Waals surface area contributed by atoms with Crippen LogP contribution in [0.15, 0.2) is 18.3 Å². The van der Waals surface area contributed by atoms with Crippen LogP contribution in [0, 0.1) is 5.92 Å². The number of carbonyl (C=O) groups is 1. The van der Waals surface area contributed by atoms with Crippen molar-refractivity contribution in [3.05, 3.63) is 23.5 Å². The molecule has 98 valence electrons. The van der Waals surface area contributed by atoms with Gasteiger partial charge in [-0.25, -0.2) is 4.98 Å². The highest BCUT2D eigenvalue weighted by atomic mass is 35.5. The Morgan fingerprint density at radius 3 is 3.22 bits per heavy atom. The molecule has 2 rings (SSSR count). The Morgan fingerprint density at radius 1 is 1.67 bits per heavy atom. The number of amides is 1. The summed E-state index contributed by atoms with van der Waals surface area (Å²) < 4.78 is 0. The summed E-state index contributed by atoms with van der Waals surface area (Å²) in [5, 5.41) is 3.13. The highest BCUT2D eigenvalue weighted by Crippen LogP contribution is 2.18. The lowest BCUT2D eigenvalue weighted by Crippen LogP contribution is -2.39. The van der Waals surface area contributed by atoms with E-state index in [2.05, 4.69) is 22.1 Å². The van der Waals surface area contributed by atoms with Gasteiger partial charge in [0.05, 0.1) is 12.2 Å². The van der Waals surface area contributed by atoms with Crippen molar-refractivity contribution in [3.8, 4) is 0 Å². The Labute approximate surface area is 112 Å². The minimum Gasteiger partial charge on any atom is -0.322 e. The molecule has 1 saturated heterocycles. The molecule has 1 aliphatic rings. The van der Waals surface area contributed by atoms with Crippen molar-refractivity contribution in [1.29, 1.82) is 0 Å². The van der Waals surface area contributed by atoms with Crippen molar-refractivity contribution in [1.82, 2.24) is 9.88 Å². The number of rotatable bonds is 3. The molecule has 0 spiro atoms. The fourth-order valence-corrected chi connectivity index (χ4v) is 2.47.